The summed E-state index contributed by atoms with van der Waals surface area (Å²) in [5, 5.41) is 21.6. The number of nitrogens with zero attached hydrogens (tertiary/aromatic N) is 3. The Labute approximate surface area is 146 Å². The van der Waals surface area contributed by atoms with E-state index >= 15 is 0 Å². The largest absolute Gasteiger partial charge is 0.373 e. The summed E-state index contributed by atoms with van der Waals surface area (Å²) in [4.78, 5) is 4.23. The number of benzene rings is 1. The lowest BCUT2D eigenvalue weighted by Crippen LogP contribution is -2.24. The van der Waals surface area contributed by atoms with Gasteiger partial charge in [0, 0.05) is 13.6 Å². The van der Waals surface area contributed by atoms with E-state index < -0.39 is 6.23 Å². The molecule has 1 atom stereocenters. The molecule has 0 amide bonds. The van der Waals surface area contributed by atoms with Crippen molar-refractivity contribution in [1.82, 2.24) is 14.5 Å². The molecule has 0 spiro atoms. The van der Waals surface area contributed by atoms with Gasteiger partial charge in [-0.05, 0) is 37.7 Å². The first-order valence-corrected chi connectivity index (χ1v) is 8.19. The van der Waals surface area contributed by atoms with Crippen LogP contribution in [0.1, 0.15) is 24.4 Å². The maximum absolute atomic E-state index is 10.4. The number of rotatable bonds is 4. The van der Waals surface area contributed by atoms with Crippen LogP contribution in [0.2, 0.25) is 0 Å². The van der Waals surface area contributed by atoms with Crippen LogP contribution < -0.4 is 10.8 Å². The monoisotopic (exact) mass is 337 g/mol. The minimum Gasteiger partial charge on any atom is -0.373 e. The molecule has 1 unspecified atom stereocenters. The summed E-state index contributed by atoms with van der Waals surface area (Å²) in [6, 6.07) is 15.7. The van der Waals surface area contributed by atoms with Crippen LogP contribution in [0.25, 0.3) is 11.0 Å². The molecule has 2 heterocycles. The predicted molar refractivity (Wildman–Crippen MR) is 99.8 cm³/mol. The van der Waals surface area contributed by atoms with Gasteiger partial charge in [-0.25, -0.2) is 0 Å². The quantitative estimate of drug-likeness (QED) is 0.387. The summed E-state index contributed by atoms with van der Waals surface area (Å²) >= 11 is 0. The number of fused-ring (bicyclic) bond motifs is 1. The fourth-order valence-corrected chi connectivity index (χ4v) is 3.05. The molecule has 0 fully saturated rings. The Bertz CT molecular complexity index is 969. The average Bonchev–Trinajstić information content (AvgIpc) is 2.99. The second kappa shape index (κ2) is 7.04. The zero-order valence-corrected chi connectivity index (χ0v) is 14.7. The van der Waals surface area contributed by atoms with Gasteiger partial charge in [-0.2, -0.15) is 0 Å². The zero-order valence-electron chi connectivity index (χ0n) is 14.7. The first-order valence-electron chi connectivity index (χ1n) is 8.19. The molecule has 6 nitrogen and oxygen atoms in total. The molecule has 0 aliphatic heterocycles. The molecule has 0 saturated heterocycles. The number of hydrogen-bond donors (Lipinski definition) is 3. The molecule has 3 N–H and O–H groups in total. The van der Waals surface area contributed by atoms with Crippen molar-refractivity contribution in [3.63, 3.8) is 0 Å². The van der Waals surface area contributed by atoms with Crippen LogP contribution in [-0.2, 0) is 6.54 Å². The van der Waals surface area contributed by atoms with Gasteiger partial charge in [0.15, 0.2) is 0 Å². The molecule has 0 radical (unpaired) electrons. The molecule has 1 aromatic carbocycles. The fourth-order valence-electron chi connectivity index (χ4n) is 3.05. The topological polar surface area (TPSA) is 78.3 Å². The highest BCUT2D eigenvalue weighted by Crippen LogP contribution is 2.24. The van der Waals surface area contributed by atoms with Crippen molar-refractivity contribution in [1.29, 1.82) is 5.41 Å². The maximum atomic E-state index is 10.4. The number of aromatic nitrogens is 2. The van der Waals surface area contributed by atoms with Crippen molar-refractivity contribution >= 4 is 16.9 Å². The normalized spacial score (nSPS) is 13.4. The summed E-state index contributed by atoms with van der Waals surface area (Å²) in [6.45, 7) is 2.51. The number of pyridine rings is 1. The SMILES string of the molecule is CN=C(C)n1c(=N)ccc2c1cc(C(O)NC)n2Cc1ccccc1. The molecule has 2 aromatic heterocycles. The molecule has 130 valence electrons. The Kier molecular flexibility index (Phi) is 4.83. The number of hydrogen-bond acceptors (Lipinski definition) is 4. The summed E-state index contributed by atoms with van der Waals surface area (Å²) in [5.41, 5.74) is 4.07. The third-order valence-electron chi connectivity index (χ3n) is 4.41. The molecule has 0 bridgehead atoms. The number of aliphatic imine (C=N–C) groups is 1. The van der Waals surface area contributed by atoms with E-state index in [1.54, 1.807) is 24.7 Å². The molecule has 6 heteroatoms. The fraction of sp³-hybridized carbons (Fsp3) is 0.263. The van der Waals surface area contributed by atoms with Gasteiger partial charge in [0.25, 0.3) is 0 Å². The average molecular weight is 337 g/mol. The van der Waals surface area contributed by atoms with Crippen LogP contribution in [-0.4, -0.2) is 34.2 Å². The van der Waals surface area contributed by atoms with E-state index in [1.807, 2.05) is 37.3 Å². The van der Waals surface area contributed by atoms with E-state index in [4.69, 9.17) is 5.41 Å². The van der Waals surface area contributed by atoms with Crippen LogP contribution in [0.4, 0.5) is 0 Å². The van der Waals surface area contributed by atoms with E-state index in [0.29, 0.717) is 12.0 Å². The van der Waals surface area contributed by atoms with E-state index in [2.05, 4.69) is 27.0 Å². The Morgan fingerprint density at radius 3 is 2.56 bits per heavy atom. The molecular weight excluding hydrogens is 314 g/mol. The van der Waals surface area contributed by atoms with Gasteiger partial charge in [-0.1, -0.05) is 30.3 Å². The van der Waals surface area contributed by atoms with Crippen LogP contribution in [0.3, 0.4) is 0 Å². The molecule has 25 heavy (non-hydrogen) atoms. The van der Waals surface area contributed by atoms with Crippen LogP contribution in [0.15, 0.2) is 53.5 Å². The molecule has 0 aliphatic carbocycles. The lowest BCUT2D eigenvalue weighted by Gasteiger charge is -2.15. The second-order valence-electron chi connectivity index (χ2n) is 5.93. The first-order chi connectivity index (χ1) is 12.1. The van der Waals surface area contributed by atoms with Crippen LogP contribution in [0, 0.1) is 5.41 Å². The molecule has 3 rings (SSSR count). The van der Waals surface area contributed by atoms with Gasteiger partial charge in [0.2, 0.25) is 0 Å². The smallest absolute Gasteiger partial charge is 0.145 e. The highest BCUT2D eigenvalue weighted by atomic mass is 16.3. The molecular formula is C19H23N5O. The summed E-state index contributed by atoms with van der Waals surface area (Å²) < 4.78 is 3.87. The van der Waals surface area contributed by atoms with Crippen molar-refractivity contribution in [2.24, 2.45) is 4.99 Å². The van der Waals surface area contributed by atoms with Crippen molar-refractivity contribution in [2.45, 2.75) is 19.7 Å². The number of aliphatic hydroxyl groups excluding tert-OH is 1. The highest BCUT2D eigenvalue weighted by molar-refractivity contribution is 5.92. The van der Waals surface area contributed by atoms with E-state index in [1.165, 1.54) is 0 Å². The molecule has 3 aromatic rings. The summed E-state index contributed by atoms with van der Waals surface area (Å²) in [5.74, 6) is 0.734. The van der Waals surface area contributed by atoms with E-state index in [0.717, 1.165) is 28.1 Å². The van der Waals surface area contributed by atoms with Crippen molar-refractivity contribution < 1.29 is 5.11 Å². The Morgan fingerprint density at radius 2 is 1.92 bits per heavy atom. The Hall–Kier alpha value is -2.70. The third-order valence-corrected chi connectivity index (χ3v) is 4.41. The van der Waals surface area contributed by atoms with Crippen molar-refractivity contribution in [3.05, 3.63) is 65.3 Å². The van der Waals surface area contributed by atoms with Gasteiger partial charge in [-0.15, -0.1) is 0 Å². The van der Waals surface area contributed by atoms with Crippen molar-refractivity contribution in [2.75, 3.05) is 14.1 Å². The Morgan fingerprint density at radius 1 is 1.20 bits per heavy atom. The van der Waals surface area contributed by atoms with Crippen LogP contribution >= 0.6 is 0 Å². The van der Waals surface area contributed by atoms with Gasteiger partial charge < -0.3 is 9.67 Å². The van der Waals surface area contributed by atoms with Gasteiger partial charge >= 0.3 is 0 Å². The summed E-state index contributed by atoms with van der Waals surface area (Å²) in [6.07, 6.45) is -0.794. The molecule has 0 aliphatic rings. The van der Waals surface area contributed by atoms with Gasteiger partial charge in [0.1, 0.15) is 17.6 Å². The minimum absolute atomic E-state index is 0.359. The van der Waals surface area contributed by atoms with E-state index in [9.17, 15) is 5.11 Å². The van der Waals surface area contributed by atoms with Crippen LogP contribution in [0.5, 0.6) is 0 Å². The standard InChI is InChI=1S/C19H23N5O/c1-13(21-2)24-16-11-17(19(25)22-3)23(15(16)9-10-18(24)20)12-14-7-5-4-6-8-14/h4-11,19-20,22,25H,12H2,1-3H3. The van der Waals surface area contributed by atoms with E-state index in [-0.39, 0.29) is 0 Å². The number of aliphatic hydroxyl groups is 1. The lowest BCUT2D eigenvalue weighted by molar-refractivity contribution is 0.141. The highest BCUT2D eigenvalue weighted by Gasteiger charge is 2.18. The lowest BCUT2D eigenvalue weighted by atomic mass is 10.2. The third kappa shape index (κ3) is 3.14. The predicted octanol–water partition coefficient (Wildman–Crippen LogP) is 2.08. The van der Waals surface area contributed by atoms with Crippen molar-refractivity contribution in [3.8, 4) is 0 Å². The Balaban J connectivity index is 2.28. The zero-order chi connectivity index (χ0) is 18.0. The minimum atomic E-state index is -0.794. The molecule has 0 saturated carbocycles. The number of nitrogens with one attached hydrogen (secondary N) is 2. The van der Waals surface area contributed by atoms with Gasteiger partial charge in [-0.3, -0.25) is 20.3 Å². The second-order valence-corrected chi connectivity index (χ2v) is 5.93. The maximum Gasteiger partial charge on any atom is 0.145 e. The summed E-state index contributed by atoms with van der Waals surface area (Å²) in [7, 11) is 3.43. The van der Waals surface area contributed by atoms with Gasteiger partial charge in [0.05, 0.1) is 16.7 Å². The first kappa shape index (κ1) is 17.1.